The van der Waals surface area contributed by atoms with Gasteiger partial charge in [0.05, 0.1) is 5.92 Å². The Bertz CT molecular complexity index is 464. The van der Waals surface area contributed by atoms with E-state index in [1.807, 2.05) is 0 Å². The van der Waals surface area contributed by atoms with Crippen LogP contribution in [0, 0.1) is 5.92 Å². The van der Waals surface area contributed by atoms with E-state index in [1.165, 1.54) is 18.2 Å². The molecule has 2 N–H and O–H groups in total. The highest BCUT2D eigenvalue weighted by Gasteiger charge is 2.41. The van der Waals surface area contributed by atoms with Crippen molar-refractivity contribution in [2.45, 2.75) is 25.4 Å². The third-order valence-electron chi connectivity index (χ3n) is 3.59. The minimum absolute atomic E-state index is 0.0729. The van der Waals surface area contributed by atoms with Crippen LogP contribution in [0.25, 0.3) is 0 Å². The zero-order valence-electron chi connectivity index (χ0n) is 10.6. The Balaban J connectivity index is 2.15. The first-order valence-corrected chi connectivity index (χ1v) is 6.28. The predicted octanol–water partition coefficient (Wildman–Crippen LogP) is 3.99. The van der Waals surface area contributed by atoms with Crippen LogP contribution in [0.3, 0.4) is 0 Å². The quantitative estimate of drug-likeness (QED) is 0.660. The third kappa shape index (κ3) is 3.13. The third-order valence-corrected chi connectivity index (χ3v) is 3.59. The van der Waals surface area contributed by atoms with Gasteiger partial charge in [0.2, 0.25) is 0 Å². The second-order valence-electron chi connectivity index (χ2n) is 4.92. The fraction of sp³-hybridized carbons (Fsp3) is 0.538. The molecular formula is C13H15F5N2. The molecule has 1 aromatic carbocycles. The first-order valence-electron chi connectivity index (χ1n) is 6.28. The van der Waals surface area contributed by atoms with Crippen molar-refractivity contribution in [1.29, 1.82) is 0 Å². The molecule has 1 aliphatic heterocycles. The van der Waals surface area contributed by atoms with Crippen LogP contribution in [0.1, 0.15) is 24.8 Å². The molecule has 0 atom stereocenters. The van der Waals surface area contributed by atoms with Crippen LogP contribution >= 0.6 is 0 Å². The summed E-state index contributed by atoms with van der Waals surface area (Å²) in [6.45, 7) is 0.238. The zero-order chi connectivity index (χ0) is 14.9. The largest absolute Gasteiger partial charge is 0.399 e. The number of benzene rings is 1. The molecule has 112 valence electrons. The minimum Gasteiger partial charge on any atom is -0.399 e. The molecular weight excluding hydrogens is 279 g/mol. The van der Waals surface area contributed by atoms with Gasteiger partial charge in [-0.05, 0) is 31.0 Å². The molecule has 0 spiro atoms. The number of alkyl halides is 5. The monoisotopic (exact) mass is 294 g/mol. The molecule has 0 unspecified atom stereocenters. The fourth-order valence-electron chi connectivity index (χ4n) is 2.48. The van der Waals surface area contributed by atoms with E-state index in [0.29, 0.717) is 0 Å². The topological polar surface area (TPSA) is 29.3 Å². The van der Waals surface area contributed by atoms with Crippen LogP contribution in [-0.4, -0.2) is 19.3 Å². The molecule has 2 rings (SSSR count). The maximum atomic E-state index is 13.0. The van der Waals surface area contributed by atoms with Gasteiger partial charge in [0.15, 0.2) is 0 Å². The Kier molecular flexibility index (Phi) is 4.06. The van der Waals surface area contributed by atoms with Crippen molar-refractivity contribution in [3.8, 4) is 0 Å². The maximum Gasteiger partial charge on any atom is 0.391 e. The van der Waals surface area contributed by atoms with Gasteiger partial charge in [-0.2, -0.15) is 13.2 Å². The summed E-state index contributed by atoms with van der Waals surface area (Å²) < 4.78 is 63.7. The smallest absolute Gasteiger partial charge is 0.391 e. The summed E-state index contributed by atoms with van der Waals surface area (Å²) in [6, 6.07) is 4.11. The van der Waals surface area contributed by atoms with Crippen molar-refractivity contribution >= 4 is 11.4 Å². The molecule has 2 nitrogen and oxygen atoms in total. The van der Waals surface area contributed by atoms with Crippen LogP contribution in [-0.2, 0) is 0 Å². The lowest BCUT2D eigenvalue weighted by Gasteiger charge is -2.35. The lowest BCUT2D eigenvalue weighted by Crippen LogP contribution is -2.39. The summed E-state index contributed by atoms with van der Waals surface area (Å²) in [5.74, 6) is -1.34. The van der Waals surface area contributed by atoms with Gasteiger partial charge >= 0.3 is 6.18 Å². The van der Waals surface area contributed by atoms with Crippen molar-refractivity contribution < 1.29 is 22.0 Å². The highest BCUT2D eigenvalue weighted by atomic mass is 19.4. The second kappa shape index (κ2) is 5.46. The van der Waals surface area contributed by atoms with E-state index < -0.39 is 18.5 Å². The predicted molar refractivity (Wildman–Crippen MR) is 66.8 cm³/mol. The van der Waals surface area contributed by atoms with Gasteiger partial charge in [-0.3, -0.25) is 0 Å². The molecule has 1 aromatic rings. The summed E-state index contributed by atoms with van der Waals surface area (Å²) >= 11 is 0. The summed E-state index contributed by atoms with van der Waals surface area (Å²) in [5, 5.41) is 0. The molecule has 7 heteroatoms. The Morgan fingerprint density at radius 3 is 2.25 bits per heavy atom. The van der Waals surface area contributed by atoms with Crippen molar-refractivity contribution in [3.63, 3.8) is 0 Å². The maximum absolute atomic E-state index is 13.0. The van der Waals surface area contributed by atoms with Gasteiger partial charge in [0.1, 0.15) is 0 Å². The summed E-state index contributed by atoms with van der Waals surface area (Å²) in [5.41, 5.74) is 5.74. The van der Waals surface area contributed by atoms with E-state index in [4.69, 9.17) is 5.73 Å². The number of hydrogen-bond acceptors (Lipinski definition) is 2. The molecule has 1 saturated heterocycles. The van der Waals surface area contributed by atoms with E-state index in [0.717, 1.165) is 0 Å². The van der Waals surface area contributed by atoms with E-state index in [1.54, 1.807) is 4.90 Å². The van der Waals surface area contributed by atoms with Crippen molar-refractivity contribution in [2.24, 2.45) is 5.92 Å². The fourth-order valence-corrected chi connectivity index (χ4v) is 2.48. The number of anilines is 2. The van der Waals surface area contributed by atoms with Gasteiger partial charge < -0.3 is 10.6 Å². The number of piperidine rings is 1. The number of nitrogens with two attached hydrogens (primary N) is 1. The molecule has 0 aliphatic carbocycles. The molecule has 1 aliphatic rings. The van der Waals surface area contributed by atoms with Crippen LogP contribution < -0.4 is 10.6 Å². The highest BCUT2D eigenvalue weighted by molar-refractivity contribution is 5.60. The standard InChI is InChI=1S/C13H15F5N2/c14-12(15)10-7-9(19)1-2-11(10)20-5-3-8(4-6-20)13(16,17)18/h1-2,7-8,12H,3-6,19H2. The molecule has 1 heterocycles. The van der Waals surface area contributed by atoms with Crippen molar-refractivity contribution in [3.05, 3.63) is 23.8 Å². The van der Waals surface area contributed by atoms with Crippen LogP contribution in [0.4, 0.5) is 33.3 Å². The molecule has 20 heavy (non-hydrogen) atoms. The minimum atomic E-state index is -4.21. The average molecular weight is 294 g/mol. The summed E-state index contributed by atoms with van der Waals surface area (Å²) in [6.07, 6.45) is -7.06. The second-order valence-corrected chi connectivity index (χ2v) is 4.92. The van der Waals surface area contributed by atoms with Gasteiger partial charge in [-0.15, -0.1) is 0 Å². The first kappa shape index (κ1) is 14.9. The molecule has 0 aromatic heterocycles. The van der Waals surface area contributed by atoms with Gasteiger partial charge in [-0.25, -0.2) is 8.78 Å². The van der Waals surface area contributed by atoms with Crippen molar-refractivity contribution in [2.75, 3.05) is 23.7 Å². The first-order chi connectivity index (χ1) is 9.29. The van der Waals surface area contributed by atoms with E-state index in [2.05, 4.69) is 0 Å². The zero-order valence-corrected chi connectivity index (χ0v) is 10.6. The lowest BCUT2D eigenvalue weighted by atomic mass is 9.95. The van der Waals surface area contributed by atoms with E-state index in [9.17, 15) is 22.0 Å². The number of nitrogens with zero attached hydrogens (tertiary/aromatic N) is 1. The Labute approximate surface area is 113 Å². The molecule has 0 bridgehead atoms. The molecule has 0 amide bonds. The molecule has 0 radical (unpaired) electrons. The van der Waals surface area contributed by atoms with Gasteiger partial charge in [0, 0.05) is 30.0 Å². The van der Waals surface area contributed by atoms with Crippen molar-refractivity contribution in [1.82, 2.24) is 0 Å². The van der Waals surface area contributed by atoms with Crippen LogP contribution in [0.15, 0.2) is 18.2 Å². The summed E-state index contributed by atoms with van der Waals surface area (Å²) in [4.78, 5) is 1.57. The Hall–Kier alpha value is -1.53. The number of hydrogen-bond donors (Lipinski definition) is 1. The molecule has 1 fully saturated rings. The Morgan fingerprint density at radius 1 is 1.15 bits per heavy atom. The average Bonchev–Trinajstić information content (AvgIpc) is 2.37. The highest BCUT2D eigenvalue weighted by Crippen LogP contribution is 2.38. The SMILES string of the molecule is Nc1ccc(N2CCC(C(F)(F)F)CC2)c(C(F)F)c1. The van der Waals surface area contributed by atoms with Gasteiger partial charge in [0.25, 0.3) is 6.43 Å². The number of rotatable bonds is 2. The normalized spacial score (nSPS) is 17.8. The van der Waals surface area contributed by atoms with E-state index >= 15 is 0 Å². The van der Waals surface area contributed by atoms with Crippen LogP contribution in [0.5, 0.6) is 0 Å². The van der Waals surface area contributed by atoms with Crippen LogP contribution in [0.2, 0.25) is 0 Å². The van der Waals surface area contributed by atoms with E-state index in [-0.39, 0.29) is 42.9 Å². The summed E-state index contributed by atoms with van der Waals surface area (Å²) in [7, 11) is 0. The lowest BCUT2D eigenvalue weighted by molar-refractivity contribution is -0.179. The Morgan fingerprint density at radius 2 is 1.75 bits per heavy atom. The number of halogens is 5. The van der Waals surface area contributed by atoms with Gasteiger partial charge in [-0.1, -0.05) is 0 Å². The number of nitrogen functional groups attached to an aromatic ring is 1. The molecule has 0 saturated carbocycles.